The van der Waals surface area contributed by atoms with E-state index in [-0.39, 0.29) is 5.41 Å². The summed E-state index contributed by atoms with van der Waals surface area (Å²) in [5, 5.41) is 5.47. The standard InChI is InChI=1S/C15H22N2OS/c1-2-15(7-8-16-11-15)14(18)17(12-5-6-12)10-13-4-3-9-19-13/h3-4,9,12,16H,2,5-8,10-11H2,1H3. The molecular weight excluding hydrogens is 256 g/mol. The first-order valence-corrected chi connectivity index (χ1v) is 8.17. The van der Waals surface area contributed by atoms with Crippen molar-refractivity contribution in [3.8, 4) is 0 Å². The van der Waals surface area contributed by atoms with Crippen LogP contribution >= 0.6 is 11.3 Å². The van der Waals surface area contributed by atoms with Crippen LogP contribution < -0.4 is 5.32 Å². The highest BCUT2D eigenvalue weighted by molar-refractivity contribution is 7.09. The van der Waals surface area contributed by atoms with E-state index in [0.29, 0.717) is 11.9 Å². The fourth-order valence-corrected chi connectivity index (χ4v) is 3.71. The van der Waals surface area contributed by atoms with Crippen LogP contribution in [0.2, 0.25) is 0 Å². The van der Waals surface area contributed by atoms with Gasteiger partial charge in [0.25, 0.3) is 0 Å². The molecule has 0 aromatic carbocycles. The number of amides is 1. The SMILES string of the molecule is CCC1(C(=O)N(Cc2cccs2)C2CC2)CCNC1. The molecule has 1 saturated carbocycles. The molecule has 19 heavy (non-hydrogen) atoms. The second-order valence-electron chi connectivity index (χ2n) is 5.80. The molecule has 1 atom stereocenters. The van der Waals surface area contributed by atoms with Gasteiger partial charge in [-0.25, -0.2) is 0 Å². The molecule has 0 bridgehead atoms. The molecular formula is C15H22N2OS. The highest BCUT2D eigenvalue weighted by atomic mass is 32.1. The number of carbonyl (C=O) groups excluding carboxylic acids is 1. The lowest BCUT2D eigenvalue weighted by Crippen LogP contribution is -2.45. The van der Waals surface area contributed by atoms with Gasteiger partial charge in [-0.05, 0) is 43.7 Å². The number of thiophene rings is 1. The summed E-state index contributed by atoms with van der Waals surface area (Å²) < 4.78 is 0. The largest absolute Gasteiger partial charge is 0.334 e. The lowest BCUT2D eigenvalue weighted by atomic mass is 9.82. The summed E-state index contributed by atoms with van der Waals surface area (Å²) in [6.45, 7) is 4.80. The van der Waals surface area contributed by atoms with E-state index in [1.165, 1.54) is 17.7 Å². The third-order valence-corrected chi connectivity index (χ3v) is 5.39. The summed E-state index contributed by atoms with van der Waals surface area (Å²) >= 11 is 1.75. The van der Waals surface area contributed by atoms with Crippen molar-refractivity contribution < 1.29 is 4.79 Å². The maximum absolute atomic E-state index is 13.0. The molecule has 1 aromatic heterocycles. The van der Waals surface area contributed by atoms with E-state index < -0.39 is 0 Å². The molecule has 104 valence electrons. The molecule has 1 saturated heterocycles. The van der Waals surface area contributed by atoms with E-state index in [9.17, 15) is 4.79 Å². The van der Waals surface area contributed by atoms with Crippen LogP contribution in [-0.2, 0) is 11.3 Å². The van der Waals surface area contributed by atoms with E-state index >= 15 is 0 Å². The van der Waals surface area contributed by atoms with Gasteiger partial charge in [-0.2, -0.15) is 0 Å². The lowest BCUT2D eigenvalue weighted by Gasteiger charge is -2.33. The smallest absolute Gasteiger partial charge is 0.230 e. The number of hydrogen-bond donors (Lipinski definition) is 1. The number of hydrogen-bond acceptors (Lipinski definition) is 3. The summed E-state index contributed by atoms with van der Waals surface area (Å²) in [5.41, 5.74) is -0.139. The van der Waals surface area contributed by atoms with E-state index in [1.807, 2.05) is 0 Å². The summed E-state index contributed by atoms with van der Waals surface area (Å²) in [7, 11) is 0. The van der Waals surface area contributed by atoms with Crippen LogP contribution in [0.15, 0.2) is 17.5 Å². The van der Waals surface area contributed by atoms with Crippen LogP contribution in [0.1, 0.15) is 37.5 Å². The summed E-state index contributed by atoms with van der Waals surface area (Å²) in [4.78, 5) is 16.5. The zero-order valence-corrected chi connectivity index (χ0v) is 12.3. The van der Waals surface area contributed by atoms with Gasteiger partial charge in [-0.3, -0.25) is 4.79 Å². The molecule has 2 fully saturated rings. The Labute approximate surface area is 119 Å². The first-order chi connectivity index (χ1) is 9.25. The van der Waals surface area contributed by atoms with Gasteiger partial charge in [0.15, 0.2) is 0 Å². The van der Waals surface area contributed by atoms with Crippen LogP contribution in [0.25, 0.3) is 0 Å². The van der Waals surface area contributed by atoms with Crippen LogP contribution in [0.4, 0.5) is 0 Å². The molecule has 1 aliphatic heterocycles. The first-order valence-electron chi connectivity index (χ1n) is 7.29. The van der Waals surface area contributed by atoms with E-state index in [4.69, 9.17) is 0 Å². The number of nitrogens with zero attached hydrogens (tertiary/aromatic N) is 1. The Morgan fingerprint density at radius 3 is 2.95 bits per heavy atom. The Balaban J connectivity index is 1.77. The topological polar surface area (TPSA) is 32.3 Å². The van der Waals surface area contributed by atoms with Crippen molar-refractivity contribution in [2.24, 2.45) is 5.41 Å². The average molecular weight is 278 g/mol. The molecule has 1 aromatic rings. The number of nitrogens with one attached hydrogen (secondary N) is 1. The molecule has 0 radical (unpaired) electrons. The summed E-state index contributed by atoms with van der Waals surface area (Å²) in [6.07, 6.45) is 4.32. The zero-order chi connectivity index (χ0) is 13.3. The normalized spacial score (nSPS) is 26.6. The Hall–Kier alpha value is -0.870. The minimum atomic E-state index is -0.139. The molecule has 4 heteroatoms. The molecule has 2 heterocycles. The second-order valence-corrected chi connectivity index (χ2v) is 6.84. The molecule has 0 spiro atoms. The van der Waals surface area contributed by atoms with Crippen molar-refractivity contribution in [3.05, 3.63) is 22.4 Å². The third kappa shape index (κ3) is 2.56. The van der Waals surface area contributed by atoms with Crippen molar-refractivity contribution in [3.63, 3.8) is 0 Å². The van der Waals surface area contributed by atoms with Crippen molar-refractivity contribution >= 4 is 17.2 Å². The molecule has 1 N–H and O–H groups in total. The Morgan fingerprint density at radius 1 is 1.58 bits per heavy atom. The van der Waals surface area contributed by atoms with Gasteiger partial charge in [0.05, 0.1) is 12.0 Å². The van der Waals surface area contributed by atoms with Crippen LogP contribution in [0.3, 0.4) is 0 Å². The number of rotatable bonds is 5. The van der Waals surface area contributed by atoms with Gasteiger partial charge in [-0.15, -0.1) is 11.3 Å². The predicted octanol–water partition coefficient (Wildman–Crippen LogP) is 2.63. The van der Waals surface area contributed by atoms with Gasteiger partial charge in [0, 0.05) is 17.5 Å². The van der Waals surface area contributed by atoms with E-state index in [2.05, 4.69) is 34.7 Å². The average Bonchev–Trinajstić information content (AvgIpc) is 2.96. The molecule has 1 amide bonds. The van der Waals surface area contributed by atoms with Gasteiger partial charge in [0.2, 0.25) is 5.91 Å². The number of carbonyl (C=O) groups is 1. The molecule has 3 nitrogen and oxygen atoms in total. The van der Waals surface area contributed by atoms with Crippen LogP contribution in [0, 0.1) is 5.41 Å². The van der Waals surface area contributed by atoms with Crippen LogP contribution in [0.5, 0.6) is 0 Å². The Bertz CT molecular complexity index is 433. The Kier molecular flexibility index (Phi) is 3.63. The Morgan fingerprint density at radius 2 is 2.42 bits per heavy atom. The first kappa shape index (κ1) is 13.1. The molecule has 1 unspecified atom stereocenters. The highest BCUT2D eigenvalue weighted by Crippen LogP contribution is 2.37. The van der Waals surface area contributed by atoms with Crippen LogP contribution in [-0.4, -0.2) is 29.9 Å². The third-order valence-electron chi connectivity index (χ3n) is 4.53. The summed E-state index contributed by atoms with van der Waals surface area (Å²) in [6, 6.07) is 4.71. The minimum Gasteiger partial charge on any atom is -0.334 e. The molecule has 3 rings (SSSR count). The fraction of sp³-hybridized carbons (Fsp3) is 0.667. The fourth-order valence-electron chi connectivity index (χ4n) is 3.01. The molecule has 2 aliphatic rings. The van der Waals surface area contributed by atoms with E-state index in [0.717, 1.165) is 32.5 Å². The maximum atomic E-state index is 13.0. The van der Waals surface area contributed by atoms with Crippen molar-refractivity contribution in [1.29, 1.82) is 0 Å². The summed E-state index contributed by atoms with van der Waals surface area (Å²) in [5.74, 6) is 0.385. The minimum absolute atomic E-state index is 0.139. The zero-order valence-electron chi connectivity index (χ0n) is 11.5. The predicted molar refractivity (Wildman–Crippen MR) is 78.1 cm³/mol. The van der Waals surface area contributed by atoms with E-state index in [1.54, 1.807) is 11.3 Å². The maximum Gasteiger partial charge on any atom is 0.230 e. The van der Waals surface area contributed by atoms with Gasteiger partial charge < -0.3 is 10.2 Å². The highest BCUT2D eigenvalue weighted by Gasteiger charge is 2.45. The van der Waals surface area contributed by atoms with Crippen molar-refractivity contribution in [2.45, 2.75) is 45.2 Å². The lowest BCUT2D eigenvalue weighted by molar-refractivity contribution is -0.142. The molecule has 1 aliphatic carbocycles. The van der Waals surface area contributed by atoms with Gasteiger partial charge >= 0.3 is 0 Å². The quantitative estimate of drug-likeness (QED) is 0.898. The van der Waals surface area contributed by atoms with Gasteiger partial charge in [-0.1, -0.05) is 13.0 Å². The monoisotopic (exact) mass is 278 g/mol. The van der Waals surface area contributed by atoms with Crippen molar-refractivity contribution in [2.75, 3.05) is 13.1 Å². The van der Waals surface area contributed by atoms with Crippen molar-refractivity contribution in [1.82, 2.24) is 10.2 Å². The van der Waals surface area contributed by atoms with Gasteiger partial charge in [0.1, 0.15) is 0 Å². The second kappa shape index (κ2) is 5.25.